The summed E-state index contributed by atoms with van der Waals surface area (Å²) in [6.07, 6.45) is 2.67. The minimum absolute atomic E-state index is 0.0549. The normalized spacial score (nSPS) is 25.2. The zero-order valence-corrected chi connectivity index (χ0v) is 16.7. The van der Waals surface area contributed by atoms with Crippen LogP contribution in [0.2, 0.25) is 0 Å². The Labute approximate surface area is 170 Å². The minimum atomic E-state index is -0.584. The fraction of sp³-hybridized carbons (Fsp3) is 0.571. The Morgan fingerprint density at radius 2 is 1.93 bits per heavy atom. The van der Waals surface area contributed by atoms with E-state index in [1.54, 1.807) is 11.9 Å². The summed E-state index contributed by atoms with van der Waals surface area (Å²) < 4.78 is 16.5. The number of carbonyl (C=O) groups is 2. The van der Waals surface area contributed by atoms with E-state index in [0.29, 0.717) is 19.8 Å². The van der Waals surface area contributed by atoms with E-state index in [9.17, 15) is 9.59 Å². The molecule has 8 nitrogen and oxygen atoms in total. The molecule has 156 valence electrons. The number of para-hydroxylation sites is 1. The maximum atomic E-state index is 13.6. The second kappa shape index (κ2) is 8.92. The van der Waals surface area contributed by atoms with E-state index in [0.717, 1.165) is 24.9 Å². The van der Waals surface area contributed by atoms with Gasteiger partial charge in [0, 0.05) is 13.0 Å². The smallest absolute Gasteiger partial charge is 0.354 e. The summed E-state index contributed by atoms with van der Waals surface area (Å²) in [6.45, 7) is 3.79. The Hall–Kier alpha value is -2.45. The molecule has 8 heteroatoms. The van der Waals surface area contributed by atoms with Crippen LogP contribution in [-0.4, -0.2) is 67.2 Å². The summed E-state index contributed by atoms with van der Waals surface area (Å²) >= 11 is 0. The lowest BCUT2D eigenvalue weighted by molar-refractivity contribution is -0.151. The van der Waals surface area contributed by atoms with Gasteiger partial charge in [-0.1, -0.05) is 18.2 Å². The van der Waals surface area contributed by atoms with Gasteiger partial charge >= 0.3 is 5.97 Å². The molecule has 3 aliphatic rings. The van der Waals surface area contributed by atoms with Gasteiger partial charge in [0.15, 0.2) is 6.29 Å². The molecule has 2 fully saturated rings. The van der Waals surface area contributed by atoms with E-state index in [-0.39, 0.29) is 37.0 Å². The third-order valence-corrected chi connectivity index (χ3v) is 5.52. The van der Waals surface area contributed by atoms with Crippen LogP contribution in [0.1, 0.15) is 32.6 Å². The number of likely N-dealkylation sites (tertiary alicyclic amines) is 1. The summed E-state index contributed by atoms with van der Waals surface area (Å²) in [5.74, 6) is -0.526. The molecule has 0 saturated carbocycles. The Morgan fingerprint density at radius 3 is 2.66 bits per heavy atom. The molecule has 1 aromatic carbocycles. The second-order valence-electron chi connectivity index (χ2n) is 7.37. The minimum Gasteiger partial charge on any atom is -0.461 e. The molecular formula is C21H27N3O5. The van der Waals surface area contributed by atoms with Gasteiger partial charge in [-0.15, -0.1) is 0 Å². The highest BCUT2D eigenvalue weighted by molar-refractivity contribution is 6.38. The van der Waals surface area contributed by atoms with Gasteiger partial charge in [-0.3, -0.25) is 9.80 Å². The summed E-state index contributed by atoms with van der Waals surface area (Å²) in [6, 6.07) is 8.75. The van der Waals surface area contributed by atoms with Crippen molar-refractivity contribution in [2.24, 2.45) is 5.10 Å². The number of carbonyl (C=O) groups excluding carboxylic acids is 2. The standard InChI is InChI=1S/C21H27N3O5/c1-2-27-20(26)16-14-18(24(22-16)15-8-4-3-5-9-15)19(25)23-11-7-6-10-17(23)21-28-12-13-29-21/h3-5,8-9,17-18,21H,2,6-7,10-14H2,1H3. The zero-order valence-electron chi connectivity index (χ0n) is 16.7. The molecule has 0 aromatic heterocycles. The number of anilines is 1. The average molecular weight is 401 g/mol. The zero-order chi connectivity index (χ0) is 20.2. The van der Waals surface area contributed by atoms with Crippen LogP contribution in [0.15, 0.2) is 35.4 Å². The molecule has 2 saturated heterocycles. The maximum absolute atomic E-state index is 13.6. The van der Waals surface area contributed by atoms with Crippen molar-refractivity contribution in [1.82, 2.24) is 4.90 Å². The lowest BCUT2D eigenvalue weighted by atomic mass is 9.99. The van der Waals surface area contributed by atoms with E-state index in [1.165, 1.54) is 0 Å². The Morgan fingerprint density at radius 1 is 1.17 bits per heavy atom. The van der Waals surface area contributed by atoms with Crippen molar-refractivity contribution < 1.29 is 23.8 Å². The van der Waals surface area contributed by atoms with E-state index in [2.05, 4.69) is 5.10 Å². The van der Waals surface area contributed by atoms with Gasteiger partial charge in [-0.2, -0.15) is 5.10 Å². The topological polar surface area (TPSA) is 80.7 Å². The maximum Gasteiger partial charge on any atom is 0.354 e. The van der Waals surface area contributed by atoms with Crippen molar-refractivity contribution in [2.45, 2.75) is 51.0 Å². The number of esters is 1. The quantitative estimate of drug-likeness (QED) is 0.702. The SMILES string of the molecule is CCOC(=O)C1=NN(c2ccccc2)C(C(=O)N2CCCCC2C2OCCO2)C1. The number of rotatable bonds is 5. The molecule has 1 aromatic rings. The van der Waals surface area contributed by atoms with Crippen LogP contribution in [-0.2, 0) is 23.8 Å². The number of nitrogens with zero attached hydrogens (tertiary/aromatic N) is 3. The van der Waals surface area contributed by atoms with Gasteiger partial charge in [0.1, 0.15) is 11.8 Å². The van der Waals surface area contributed by atoms with Crippen LogP contribution in [0.25, 0.3) is 0 Å². The lowest BCUT2D eigenvalue weighted by Gasteiger charge is -2.40. The number of benzene rings is 1. The Kier molecular flexibility index (Phi) is 6.10. The van der Waals surface area contributed by atoms with Gasteiger partial charge < -0.3 is 19.1 Å². The van der Waals surface area contributed by atoms with Crippen molar-refractivity contribution in [1.29, 1.82) is 0 Å². The third kappa shape index (κ3) is 4.13. The van der Waals surface area contributed by atoms with Crippen molar-refractivity contribution in [2.75, 3.05) is 31.4 Å². The van der Waals surface area contributed by atoms with Crippen LogP contribution in [0.5, 0.6) is 0 Å². The highest BCUT2D eigenvalue weighted by Gasteiger charge is 2.43. The molecule has 4 rings (SSSR count). The molecule has 2 atom stereocenters. The van der Waals surface area contributed by atoms with Gasteiger partial charge in [-0.25, -0.2) is 4.79 Å². The molecule has 0 N–H and O–H groups in total. The first-order valence-corrected chi connectivity index (χ1v) is 10.3. The molecule has 2 unspecified atom stereocenters. The van der Waals surface area contributed by atoms with Crippen LogP contribution in [0.4, 0.5) is 5.69 Å². The fourth-order valence-corrected chi connectivity index (χ4v) is 4.16. The summed E-state index contributed by atoms with van der Waals surface area (Å²) in [5, 5.41) is 6.11. The van der Waals surface area contributed by atoms with Crippen LogP contribution in [0, 0.1) is 0 Å². The van der Waals surface area contributed by atoms with Crippen LogP contribution in [0.3, 0.4) is 0 Å². The van der Waals surface area contributed by atoms with E-state index in [4.69, 9.17) is 14.2 Å². The summed E-state index contributed by atoms with van der Waals surface area (Å²) in [5.41, 5.74) is 1.04. The number of ether oxygens (including phenoxy) is 3. The monoisotopic (exact) mass is 401 g/mol. The molecule has 0 spiro atoms. The molecular weight excluding hydrogens is 374 g/mol. The average Bonchev–Trinajstić information content (AvgIpc) is 3.44. The van der Waals surface area contributed by atoms with Crippen molar-refractivity contribution in [3.63, 3.8) is 0 Å². The first kappa shape index (κ1) is 19.8. The number of amides is 1. The molecule has 3 aliphatic heterocycles. The molecule has 29 heavy (non-hydrogen) atoms. The van der Waals surface area contributed by atoms with Gasteiger partial charge in [-0.05, 0) is 38.3 Å². The Balaban J connectivity index is 1.58. The second-order valence-corrected chi connectivity index (χ2v) is 7.37. The molecule has 0 aliphatic carbocycles. The number of hydrogen-bond donors (Lipinski definition) is 0. The van der Waals surface area contributed by atoms with E-state index < -0.39 is 12.0 Å². The van der Waals surface area contributed by atoms with E-state index in [1.807, 2.05) is 35.2 Å². The largest absolute Gasteiger partial charge is 0.461 e. The van der Waals surface area contributed by atoms with Crippen molar-refractivity contribution in [3.05, 3.63) is 30.3 Å². The number of hydrazone groups is 1. The fourth-order valence-electron chi connectivity index (χ4n) is 4.16. The number of piperidine rings is 1. The van der Waals surface area contributed by atoms with Gasteiger partial charge in [0.05, 0.1) is 31.5 Å². The van der Waals surface area contributed by atoms with Crippen LogP contribution < -0.4 is 5.01 Å². The molecule has 1 amide bonds. The summed E-state index contributed by atoms with van der Waals surface area (Å²) in [7, 11) is 0. The third-order valence-electron chi connectivity index (χ3n) is 5.52. The highest BCUT2D eigenvalue weighted by Crippen LogP contribution is 2.30. The highest BCUT2D eigenvalue weighted by atomic mass is 16.7. The first-order valence-electron chi connectivity index (χ1n) is 10.3. The number of hydrogen-bond acceptors (Lipinski definition) is 7. The predicted molar refractivity (Wildman–Crippen MR) is 106 cm³/mol. The predicted octanol–water partition coefficient (Wildman–Crippen LogP) is 1.94. The summed E-state index contributed by atoms with van der Waals surface area (Å²) in [4.78, 5) is 27.8. The van der Waals surface area contributed by atoms with Gasteiger partial charge in [0.2, 0.25) is 5.91 Å². The van der Waals surface area contributed by atoms with Crippen molar-refractivity contribution >= 4 is 23.3 Å². The van der Waals surface area contributed by atoms with Gasteiger partial charge in [0.25, 0.3) is 0 Å². The Bertz CT molecular complexity index is 763. The molecule has 3 heterocycles. The first-order chi connectivity index (χ1) is 14.2. The molecule has 0 bridgehead atoms. The van der Waals surface area contributed by atoms with E-state index >= 15 is 0 Å². The lowest BCUT2D eigenvalue weighted by Crippen LogP contribution is -2.55. The van der Waals surface area contributed by atoms with Crippen LogP contribution >= 0.6 is 0 Å². The molecule has 0 radical (unpaired) electrons. The van der Waals surface area contributed by atoms with Crippen molar-refractivity contribution in [3.8, 4) is 0 Å².